The van der Waals surface area contributed by atoms with Crippen molar-refractivity contribution in [2.45, 2.75) is 32.2 Å². The Morgan fingerprint density at radius 1 is 1.53 bits per heavy atom. The third kappa shape index (κ3) is 3.92. The molecule has 0 aliphatic carbocycles. The quantitative estimate of drug-likeness (QED) is 0.825. The topological polar surface area (TPSA) is 32.3 Å². The van der Waals surface area contributed by atoms with Crippen molar-refractivity contribution in [2.75, 3.05) is 19.6 Å². The first-order valence-corrected chi connectivity index (χ1v) is 8.07. The zero-order valence-corrected chi connectivity index (χ0v) is 13.5. The summed E-state index contributed by atoms with van der Waals surface area (Å²) in [6.45, 7) is 4.98. The van der Waals surface area contributed by atoms with Crippen molar-refractivity contribution >= 4 is 28.5 Å². The first kappa shape index (κ1) is 14.8. The minimum atomic E-state index is 0.175. The van der Waals surface area contributed by atoms with Crippen LogP contribution in [0.25, 0.3) is 0 Å². The molecular formula is C15H21IN2O. The minimum Gasteiger partial charge on any atom is -0.334 e. The van der Waals surface area contributed by atoms with Gasteiger partial charge in [0.1, 0.15) is 0 Å². The molecule has 1 saturated heterocycles. The normalized spacial score (nSPS) is 19.2. The summed E-state index contributed by atoms with van der Waals surface area (Å²) < 4.78 is 1.11. The molecule has 1 atom stereocenters. The van der Waals surface area contributed by atoms with Crippen molar-refractivity contribution in [1.29, 1.82) is 0 Å². The van der Waals surface area contributed by atoms with Gasteiger partial charge in [0, 0.05) is 28.3 Å². The molecule has 1 aromatic rings. The van der Waals surface area contributed by atoms with Crippen LogP contribution in [0.4, 0.5) is 0 Å². The van der Waals surface area contributed by atoms with Gasteiger partial charge in [-0.15, -0.1) is 0 Å². The Kier molecular flexibility index (Phi) is 5.63. The fourth-order valence-corrected chi connectivity index (χ4v) is 3.12. The fourth-order valence-electron chi connectivity index (χ4n) is 2.58. The van der Waals surface area contributed by atoms with Crippen LogP contribution in [-0.2, 0) is 0 Å². The molecule has 1 N–H and O–H groups in total. The van der Waals surface area contributed by atoms with Crippen LogP contribution in [-0.4, -0.2) is 36.5 Å². The maximum atomic E-state index is 12.7. The molecule has 4 heteroatoms. The van der Waals surface area contributed by atoms with E-state index in [2.05, 4.69) is 39.7 Å². The molecule has 0 saturated carbocycles. The van der Waals surface area contributed by atoms with Gasteiger partial charge in [-0.25, -0.2) is 0 Å². The second-order valence-electron chi connectivity index (χ2n) is 5.01. The van der Waals surface area contributed by atoms with Crippen molar-refractivity contribution < 1.29 is 4.79 Å². The molecule has 0 aromatic heterocycles. The Labute approximate surface area is 128 Å². The summed E-state index contributed by atoms with van der Waals surface area (Å²) in [7, 11) is 0. The summed E-state index contributed by atoms with van der Waals surface area (Å²) >= 11 is 2.25. The number of carbonyl (C=O) groups is 1. The number of halogens is 1. The number of piperidine rings is 1. The van der Waals surface area contributed by atoms with E-state index in [9.17, 15) is 4.79 Å². The van der Waals surface area contributed by atoms with Gasteiger partial charge in [0.25, 0.3) is 5.91 Å². The van der Waals surface area contributed by atoms with E-state index in [4.69, 9.17) is 0 Å². The Hall–Kier alpha value is -0.620. The molecule has 1 fully saturated rings. The fraction of sp³-hybridized carbons (Fsp3) is 0.533. The lowest BCUT2D eigenvalue weighted by Gasteiger charge is -2.34. The van der Waals surface area contributed by atoms with Crippen molar-refractivity contribution in [1.82, 2.24) is 10.2 Å². The number of hydrogen-bond donors (Lipinski definition) is 1. The van der Waals surface area contributed by atoms with Gasteiger partial charge in [0.2, 0.25) is 0 Å². The average Bonchev–Trinajstić information content (AvgIpc) is 2.45. The third-order valence-corrected chi connectivity index (χ3v) is 4.18. The summed E-state index contributed by atoms with van der Waals surface area (Å²) in [6.07, 6.45) is 3.28. The maximum absolute atomic E-state index is 12.7. The zero-order chi connectivity index (χ0) is 13.7. The summed E-state index contributed by atoms with van der Waals surface area (Å²) in [5.74, 6) is 0.175. The van der Waals surface area contributed by atoms with Crippen LogP contribution in [0.3, 0.4) is 0 Å². The monoisotopic (exact) mass is 372 g/mol. The van der Waals surface area contributed by atoms with Crippen molar-refractivity contribution in [3.05, 3.63) is 33.4 Å². The zero-order valence-electron chi connectivity index (χ0n) is 11.4. The SMILES string of the molecule is CCCN(C(=O)c1cccc(I)c1)C1CCCNC1. The van der Waals surface area contributed by atoms with Gasteiger partial charge >= 0.3 is 0 Å². The predicted octanol–water partition coefficient (Wildman–Crippen LogP) is 2.90. The van der Waals surface area contributed by atoms with Crippen molar-refractivity contribution in [2.24, 2.45) is 0 Å². The molecule has 19 heavy (non-hydrogen) atoms. The number of nitrogens with zero attached hydrogens (tertiary/aromatic N) is 1. The van der Waals surface area contributed by atoms with E-state index in [0.717, 1.165) is 48.0 Å². The minimum absolute atomic E-state index is 0.175. The smallest absolute Gasteiger partial charge is 0.254 e. The third-order valence-electron chi connectivity index (χ3n) is 3.51. The van der Waals surface area contributed by atoms with Gasteiger partial charge in [-0.1, -0.05) is 13.0 Å². The van der Waals surface area contributed by atoms with E-state index in [1.54, 1.807) is 0 Å². The summed E-state index contributed by atoms with van der Waals surface area (Å²) in [5, 5.41) is 3.40. The van der Waals surface area contributed by atoms with Gasteiger partial charge in [-0.05, 0) is 66.6 Å². The second-order valence-corrected chi connectivity index (χ2v) is 6.25. The first-order chi connectivity index (χ1) is 9.22. The Morgan fingerprint density at radius 3 is 3.00 bits per heavy atom. The van der Waals surface area contributed by atoms with Crippen LogP contribution in [0, 0.1) is 3.57 Å². The van der Waals surface area contributed by atoms with Gasteiger partial charge < -0.3 is 10.2 Å². The molecule has 1 aliphatic heterocycles. The van der Waals surface area contributed by atoms with Crippen LogP contribution >= 0.6 is 22.6 Å². The maximum Gasteiger partial charge on any atom is 0.254 e. The number of amides is 1. The van der Waals surface area contributed by atoms with E-state index in [-0.39, 0.29) is 5.91 Å². The molecule has 0 bridgehead atoms. The average molecular weight is 372 g/mol. The van der Waals surface area contributed by atoms with Crippen LogP contribution in [0.2, 0.25) is 0 Å². The lowest BCUT2D eigenvalue weighted by molar-refractivity contribution is 0.0649. The van der Waals surface area contributed by atoms with Crippen molar-refractivity contribution in [3.63, 3.8) is 0 Å². The van der Waals surface area contributed by atoms with E-state index >= 15 is 0 Å². The molecule has 1 aromatic carbocycles. The highest BCUT2D eigenvalue weighted by Crippen LogP contribution is 2.16. The first-order valence-electron chi connectivity index (χ1n) is 6.99. The molecule has 1 amide bonds. The molecular weight excluding hydrogens is 351 g/mol. The van der Waals surface area contributed by atoms with E-state index in [1.165, 1.54) is 0 Å². The highest BCUT2D eigenvalue weighted by atomic mass is 127. The molecule has 1 aliphatic rings. The highest BCUT2D eigenvalue weighted by Gasteiger charge is 2.25. The van der Waals surface area contributed by atoms with Crippen LogP contribution in [0.15, 0.2) is 24.3 Å². The number of benzene rings is 1. The van der Waals surface area contributed by atoms with Crippen molar-refractivity contribution in [3.8, 4) is 0 Å². The molecule has 0 spiro atoms. The Bertz CT molecular complexity index is 430. The molecule has 2 rings (SSSR count). The van der Waals surface area contributed by atoms with Gasteiger partial charge in [0.05, 0.1) is 0 Å². The predicted molar refractivity (Wildman–Crippen MR) is 86.4 cm³/mol. The van der Waals surface area contributed by atoms with E-state index in [0.29, 0.717) is 6.04 Å². The Morgan fingerprint density at radius 2 is 2.37 bits per heavy atom. The standard InChI is InChI=1S/C15H21IN2O/c1-2-9-18(14-7-4-8-17-11-14)15(19)12-5-3-6-13(16)10-12/h3,5-6,10,14,17H,2,4,7-9,11H2,1H3. The molecule has 1 heterocycles. The lowest BCUT2D eigenvalue weighted by Crippen LogP contribution is -2.49. The highest BCUT2D eigenvalue weighted by molar-refractivity contribution is 14.1. The summed E-state index contributed by atoms with van der Waals surface area (Å²) in [6, 6.07) is 8.21. The van der Waals surface area contributed by atoms with Crippen LogP contribution in [0.5, 0.6) is 0 Å². The molecule has 104 valence electrons. The van der Waals surface area contributed by atoms with E-state index < -0.39 is 0 Å². The molecule has 0 radical (unpaired) electrons. The number of rotatable bonds is 4. The second kappa shape index (κ2) is 7.24. The lowest BCUT2D eigenvalue weighted by atomic mass is 10.0. The van der Waals surface area contributed by atoms with Gasteiger partial charge in [0.15, 0.2) is 0 Å². The number of hydrogen-bond acceptors (Lipinski definition) is 2. The number of nitrogens with one attached hydrogen (secondary N) is 1. The molecule has 3 nitrogen and oxygen atoms in total. The largest absolute Gasteiger partial charge is 0.334 e. The summed E-state index contributed by atoms with van der Waals surface area (Å²) in [5.41, 5.74) is 0.811. The summed E-state index contributed by atoms with van der Waals surface area (Å²) in [4.78, 5) is 14.7. The van der Waals surface area contributed by atoms with Gasteiger partial charge in [-0.3, -0.25) is 4.79 Å². The Balaban J connectivity index is 2.15. The van der Waals surface area contributed by atoms with Crippen LogP contribution < -0.4 is 5.32 Å². The van der Waals surface area contributed by atoms with E-state index in [1.807, 2.05) is 24.3 Å². The number of carbonyl (C=O) groups excluding carboxylic acids is 1. The van der Waals surface area contributed by atoms with Gasteiger partial charge in [-0.2, -0.15) is 0 Å². The molecule has 1 unspecified atom stereocenters. The van der Waals surface area contributed by atoms with Crippen LogP contribution in [0.1, 0.15) is 36.5 Å².